The van der Waals surface area contributed by atoms with Gasteiger partial charge in [-0.2, -0.15) is 15.2 Å². The van der Waals surface area contributed by atoms with Crippen molar-refractivity contribution >= 4 is 43.1 Å². The molecule has 236 valence electrons. The largest absolute Gasteiger partial charge is 0.461 e. The zero-order valence-corrected chi connectivity index (χ0v) is 26.3. The predicted molar refractivity (Wildman–Crippen MR) is 176 cm³/mol. The Morgan fingerprint density at radius 1 is 1.17 bits per heavy atom. The number of aromatic nitrogens is 2. The highest BCUT2D eigenvalue weighted by molar-refractivity contribution is 7.23. The van der Waals surface area contributed by atoms with Gasteiger partial charge in [0.2, 0.25) is 0 Å². The van der Waals surface area contributed by atoms with Crippen LogP contribution in [0.5, 0.6) is 6.01 Å². The van der Waals surface area contributed by atoms with Crippen LogP contribution in [0, 0.1) is 23.1 Å². The van der Waals surface area contributed by atoms with Crippen molar-refractivity contribution in [3.8, 4) is 23.2 Å². The third-order valence-electron chi connectivity index (χ3n) is 11.2. The molecule has 0 spiro atoms. The fourth-order valence-electron chi connectivity index (χ4n) is 8.96. The Morgan fingerprint density at radius 2 is 2.07 bits per heavy atom. The second-order valence-corrected chi connectivity index (χ2v) is 15.0. The number of hydrogen-bond donors (Lipinski definition) is 2. The number of nitrogen functional groups attached to an aromatic ring is 1. The van der Waals surface area contributed by atoms with E-state index in [1.807, 2.05) is 24.3 Å². The second-order valence-electron chi connectivity index (χ2n) is 14.0. The van der Waals surface area contributed by atoms with E-state index < -0.39 is 5.82 Å². The molecule has 4 saturated heterocycles. The van der Waals surface area contributed by atoms with Crippen molar-refractivity contribution in [1.29, 1.82) is 5.26 Å². The zero-order chi connectivity index (χ0) is 31.2. The Morgan fingerprint density at radius 3 is 2.89 bits per heavy atom. The summed E-state index contributed by atoms with van der Waals surface area (Å²) >= 11 is 1.33. The van der Waals surface area contributed by atoms with Crippen molar-refractivity contribution in [2.24, 2.45) is 5.92 Å². The Balaban J connectivity index is 1.17. The number of nitrogens with zero attached hydrogens (tertiary/aromatic N) is 5. The van der Waals surface area contributed by atoms with Crippen molar-refractivity contribution < 1.29 is 13.5 Å². The highest BCUT2D eigenvalue weighted by Gasteiger charge is 2.53. The topological polar surface area (TPSA) is 103 Å². The molecule has 9 rings (SSSR count). The molecule has 5 fully saturated rings. The molecule has 2 aromatic carbocycles. The molecule has 6 heterocycles. The number of hydrogen-bond acceptors (Lipinski definition) is 9. The van der Waals surface area contributed by atoms with E-state index in [1.165, 1.54) is 24.2 Å². The van der Waals surface area contributed by atoms with E-state index >= 15 is 4.39 Å². The molecule has 2 bridgehead atoms. The van der Waals surface area contributed by atoms with E-state index in [2.05, 4.69) is 21.2 Å². The number of fused-ring (bicyclic) bond motifs is 5. The van der Waals surface area contributed by atoms with Crippen LogP contribution in [0.15, 0.2) is 42.2 Å². The van der Waals surface area contributed by atoms with Gasteiger partial charge in [-0.1, -0.05) is 18.2 Å². The maximum Gasteiger partial charge on any atom is 0.319 e. The van der Waals surface area contributed by atoms with Crippen molar-refractivity contribution in [2.45, 2.75) is 62.1 Å². The molecule has 46 heavy (non-hydrogen) atoms. The Kier molecular flexibility index (Phi) is 6.37. The van der Waals surface area contributed by atoms with Gasteiger partial charge >= 0.3 is 6.01 Å². The monoisotopic (exact) mass is 639 g/mol. The van der Waals surface area contributed by atoms with Gasteiger partial charge in [0, 0.05) is 52.3 Å². The van der Waals surface area contributed by atoms with E-state index in [0.29, 0.717) is 69.8 Å². The van der Waals surface area contributed by atoms with Gasteiger partial charge in [0.05, 0.1) is 17.4 Å². The second kappa shape index (κ2) is 10.3. The van der Waals surface area contributed by atoms with Crippen molar-refractivity contribution in [2.75, 3.05) is 43.4 Å². The molecule has 5 aliphatic rings. The molecule has 3 atom stereocenters. The summed E-state index contributed by atoms with van der Waals surface area (Å²) in [5.74, 6) is 0.871. The normalized spacial score (nSPS) is 28.4. The number of benzene rings is 2. The van der Waals surface area contributed by atoms with Gasteiger partial charge in [0.25, 0.3) is 0 Å². The number of nitriles is 1. The summed E-state index contributed by atoms with van der Waals surface area (Å²) in [7, 11) is 0. The van der Waals surface area contributed by atoms with Crippen LogP contribution in [0.3, 0.4) is 0 Å². The summed E-state index contributed by atoms with van der Waals surface area (Å²) in [6.07, 6.45) is 8.01. The highest BCUT2D eigenvalue weighted by atomic mass is 32.1. The van der Waals surface area contributed by atoms with Crippen LogP contribution < -0.4 is 20.7 Å². The molecule has 2 aromatic heterocycles. The number of thiophene rings is 1. The molecule has 0 radical (unpaired) electrons. The predicted octanol–water partition coefficient (Wildman–Crippen LogP) is 6.30. The minimum absolute atomic E-state index is 0.0597. The van der Waals surface area contributed by atoms with Crippen LogP contribution in [0.4, 0.5) is 19.6 Å². The summed E-state index contributed by atoms with van der Waals surface area (Å²) in [5.41, 5.74) is 8.24. The Hall–Kier alpha value is -3.85. The van der Waals surface area contributed by atoms with Gasteiger partial charge in [-0.3, -0.25) is 4.90 Å². The fourth-order valence-corrected chi connectivity index (χ4v) is 9.90. The Bertz CT molecular complexity index is 1990. The summed E-state index contributed by atoms with van der Waals surface area (Å²) < 4.78 is 37.8. The lowest BCUT2D eigenvalue weighted by molar-refractivity contribution is 0.108. The molecule has 1 aliphatic carbocycles. The van der Waals surface area contributed by atoms with Gasteiger partial charge in [-0.05, 0) is 80.7 Å². The number of anilines is 2. The standard InChI is InChI=1S/C35H35F2N7OS/c36-14-20-13-34(10-2-12-44(34)16-20)19-45-33-40-30-25(32(41-33)43-17-22-9-11-35(18-43,42-22)21-5-6-21)8-7-24(29(30)37)23-3-1-4-27-28(23)26(15-38)31(39)46-27/h1,3-4,7-8,14,21-22,42H,2,5-6,9-13,16-19,39H2/b20-14-/t22-,34-,35+/m0/s1. The van der Waals surface area contributed by atoms with Gasteiger partial charge < -0.3 is 20.7 Å². The van der Waals surface area contributed by atoms with Crippen LogP contribution in [-0.4, -0.2) is 64.8 Å². The lowest BCUT2D eigenvalue weighted by atomic mass is 9.90. The molecule has 3 N–H and O–H groups in total. The van der Waals surface area contributed by atoms with Crippen molar-refractivity contribution in [1.82, 2.24) is 20.2 Å². The first-order valence-electron chi connectivity index (χ1n) is 16.3. The van der Waals surface area contributed by atoms with Crippen LogP contribution in [0.25, 0.3) is 32.1 Å². The third-order valence-corrected chi connectivity index (χ3v) is 12.2. The number of nitrogens with one attached hydrogen (secondary N) is 1. The molecule has 4 aromatic rings. The van der Waals surface area contributed by atoms with Crippen molar-refractivity contribution in [3.63, 3.8) is 0 Å². The van der Waals surface area contributed by atoms with Crippen LogP contribution in [-0.2, 0) is 0 Å². The van der Waals surface area contributed by atoms with E-state index in [-0.39, 0.29) is 22.6 Å². The van der Waals surface area contributed by atoms with E-state index in [0.717, 1.165) is 61.9 Å². The van der Waals surface area contributed by atoms with E-state index in [9.17, 15) is 9.65 Å². The third kappa shape index (κ3) is 4.26. The maximum absolute atomic E-state index is 16.9. The van der Waals surface area contributed by atoms with Crippen LogP contribution >= 0.6 is 11.3 Å². The first-order chi connectivity index (χ1) is 22.4. The summed E-state index contributed by atoms with van der Waals surface area (Å²) in [6, 6.07) is 12.0. The fraction of sp³-hybridized carbons (Fsp3) is 0.457. The number of ether oxygens (including phenoxy) is 1. The smallest absolute Gasteiger partial charge is 0.319 e. The summed E-state index contributed by atoms with van der Waals surface area (Å²) in [6.45, 7) is 3.41. The molecular weight excluding hydrogens is 604 g/mol. The van der Waals surface area contributed by atoms with Gasteiger partial charge in [0.1, 0.15) is 29.0 Å². The maximum atomic E-state index is 16.9. The van der Waals surface area contributed by atoms with Crippen molar-refractivity contribution in [3.05, 3.63) is 53.6 Å². The highest BCUT2D eigenvalue weighted by Crippen LogP contribution is 2.49. The van der Waals surface area contributed by atoms with Crippen LogP contribution in [0.2, 0.25) is 0 Å². The molecule has 8 nitrogen and oxygen atoms in total. The number of rotatable bonds is 6. The number of piperazine rings is 1. The number of nitrogens with two attached hydrogens (primary N) is 1. The average Bonchev–Trinajstić information content (AvgIpc) is 3.53. The Labute approximate surface area is 269 Å². The van der Waals surface area contributed by atoms with Crippen LogP contribution in [0.1, 0.15) is 50.5 Å². The van der Waals surface area contributed by atoms with Gasteiger partial charge in [-0.25, -0.2) is 8.78 Å². The number of halogens is 2. The van der Waals surface area contributed by atoms with Gasteiger partial charge in [0.15, 0.2) is 5.82 Å². The first-order valence-corrected chi connectivity index (χ1v) is 17.1. The minimum atomic E-state index is -0.480. The lowest BCUT2D eigenvalue weighted by Gasteiger charge is -2.42. The summed E-state index contributed by atoms with van der Waals surface area (Å²) in [5, 5.41) is 15.5. The summed E-state index contributed by atoms with van der Waals surface area (Å²) in [4.78, 5) is 14.3. The zero-order valence-electron chi connectivity index (χ0n) is 25.5. The van der Waals surface area contributed by atoms with E-state index in [1.54, 1.807) is 6.07 Å². The molecule has 1 saturated carbocycles. The lowest BCUT2D eigenvalue weighted by Crippen LogP contribution is -2.61. The molecular formula is C35H35F2N7OS. The van der Waals surface area contributed by atoms with E-state index in [4.69, 9.17) is 20.4 Å². The first kappa shape index (κ1) is 28.4. The van der Waals surface area contributed by atoms with Gasteiger partial charge in [-0.15, -0.1) is 11.3 Å². The molecule has 11 heteroatoms. The molecule has 4 aliphatic heterocycles. The quantitative estimate of drug-likeness (QED) is 0.254. The minimum Gasteiger partial charge on any atom is -0.461 e. The average molecular weight is 640 g/mol. The molecule has 0 amide bonds. The SMILES string of the molecule is N#Cc1c(N)sc2cccc(-c3ccc4c(N5C[C@@H]6CC[C@](C7CC7)(C5)N6)nc(OC[C@@]56CCCN5C/C(=C\F)C6)nc4c3F)c12. The molecule has 0 unspecified atom stereocenters.